The van der Waals surface area contributed by atoms with E-state index < -0.39 is 17.2 Å². The summed E-state index contributed by atoms with van der Waals surface area (Å²) < 4.78 is 0. The first-order chi connectivity index (χ1) is 8.11. The largest absolute Gasteiger partial charge is 0.504 e. The fourth-order valence-corrected chi connectivity index (χ4v) is 1.44. The number of phenols is 3. The molecule has 0 saturated heterocycles. The zero-order valence-corrected chi connectivity index (χ0v) is 8.78. The molecule has 0 bridgehead atoms. The number of hydrogen-bond donors (Lipinski definition) is 4. The van der Waals surface area contributed by atoms with Gasteiger partial charge in [-0.15, -0.1) is 0 Å². The van der Waals surface area contributed by atoms with E-state index in [4.69, 9.17) is 5.11 Å². The Labute approximate surface area is 97.4 Å². The minimum atomic E-state index is -0.669. The molecule has 88 valence electrons. The number of rotatable bonds is 2. The molecule has 0 atom stereocenters. The predicted octanol–water partition coefficient (Wildman–Crippen LogP) is 2.33. The highest BCUT2D eigenvalue weighted by atomic mass is 16.5. The van der Waals surface area contributed by atoms with Crippen molar-refractivity contribution in [3.8, 4) is 17.2 Å². The number of hydrogen-bond acceptors (Lipinski definition) is 5. The topological polar surface area (TPSA) is 84.2 Å². The predicted molar refractivity (Wildman–Crippen MR) is 61.8 cm³/mol. The number of para-hydroxylation sites is 1. The number of nitrogens with zero attached hydrogens (tertiary/aromatic N) is 1. The van der Waals surface area contributed by atoms with Gasteiger partial charge in [-0.3, -0.25) is 5.21 Å². The first kappa shape index (κ1) is 11.1. The van der Waals surface area contributed by atoms with Gasteiger partial charge in [-0.25, -0.2) is 5.06 Å². The lowest BCUT2D eigenvalue weighted by Gasteiger charge is -2.18. The van der Waals surface area contributed by atoms with E-state index in [1.807, 2.05) is 0 Å². The Kier molecular flexibility index (Phi) is 2.76. The van der Waals surface area contributed by atoms with E-state index in [0.717, 1.165) is 0 Å². The minimum Gasteiger partial charge on any atom is -0.504 e. The van der Waals surface area contributed by atoms with Crippen molar-refractivity contribution in [2.45, 2.75) is 0 Å². The lowest BCUT2D eigenvalue weighted by atomic mass is 10.2. The smallest absolute Gasteiger partial charge is 0.202 e. The van der Waals surface area contributed by atoms with Crippen molar-refractivity contribution in [3.05, 3.63) is 42.5 Å². The molecule has 4 N–H and O–H groups in total. The second-order valence-electron chi connectivity index (χ2n) is 3.45. The molecule has 0 aromatic heterocycles. The van der Waals surface area contributed by atoms with Crippen LogP contribution in [0.1, 0.15) is 0 Å². The third kappa shape index (κ3) is 1.95. The van der Waals surface area contributed by atoms with Crippen molar-refractivity contribution in [2.75, 3.05) is 5.06 Å². The summed E-state index contributed by atoms with van der Waals surface area (Å²) in [5.74, 6) is -1.71. The van der Waals surface area contributed by atoms with Crippen molar-refractivity contribution < 1.29 is 20.5 Å². The van der Waals surface area contributed by atoms with Crippen LogP contribution in [0, 0.1) is 0 Å². The molecular weight excluding hydrogens is 222 g/mol. The van der Waals surface area contributed by atoms with Crippen molar-refractivity contribution in [1.29, 1.82) is 0 Å². The van der Waals surface area contributed by atoms with E-state index in [0.29, 0.717) is 10.8 Å². The molecule has 0 aliphatic rings. The molecule has 0 unspecified atom stereocenters. The zero-order chi connectivity index (χ0) is 12.4. The number of benzene rings is 2. The summed E-state index contributed by atoms with van der Waals surface area (Å²) in [4.78, 5) is 0. The van der Waals surface area contributed by atoms with Crippen LogP contribution in [0.3, 0.4) is 0 Å². The molecule has 17 heavy (non-hydrogen) atoms. The fraction of sp³-hybridized carbons (Fsp3) is 0. The number of aromatic hydroxyl groups is 3. The molecule has 0 aliphatic heterocycles. The van der Waals surface area contributed by atoms with Crippen LogP contribution < -0.4 is 5.06 Å². The summed E-state index contributed by atoms with van der Waals surface area (Å²) >= 11 is 0. The highest BCUT2D eigenvalue weighted by Gasteiger charge is 2.16. The Balaban J connectivity index is 2.45. The Bertz CT molecular complexity index is 528. The second-order valence-corrected chi connectivity index (χ2v) is 3.45. The van der Waals surface area contributed by atoms with Gasteiger partial charge in [0.15, 0.2) is 11.5 Å². The summed E-state index contributed by atoms with van der Waals surface area (Å²) in [6.45, 7) is 0. The van der Waals surface area contributed by atoms with Crippen molar-refractivity contribution in [2.24, 2.45) is 0 Å². The SMILES string of the molecule is Oc1ccc(N(O)c2ccccc2)c(O)c1O. The maximum Gasteiger partial charge on any atom is 0.202 e. The van der Waals surface area contributed by atoms with E-state index in [2.05, 4.69) is 0 Å². The average Bonchev–Trinajstić information content (AvgIpc) is 2.36. The summed E-state index contributed by atoms with van der Waals surface area (Å²) in [5, 5.41) is 38.7. The first-order valence-electron chi connectivity index (χ1n) is 4.89. The normalized spacial score (nSPS) is 10.2. The molecule has 2 aromatic rings. The van der Waals surface area contributed by atoms with Gasteiger partial charge in [-0.2, -0.15) is 0 Å². The van der Waals surface area contributed by atoms with Gasteiger partial charge < -0.3 is 15.3 Å². The highest BCUT2D eigenvalue weighted by Crippen LogP contribution is 2.43. The molecule has 0 fully saturated rings. The zero-order valence-electron chi connectivity index (χ0n) is 8.78. The third-order valence-corrected chi connectivity index (χ3v) is 2.34. The lowest BCUT2D eigenvalue weighted by molar-refractivity contribution is 0.293. The van der Waals surface area contributed by atoms with Crippen LogP contribution in [0.4, 0.5) is 11.4 Å². The van der Waals surface area contributed by atoms with Gasteiger partial charge in [-0.1, -0.05) is 18.2 Å². The van der Waals surface area contributed by atoms with Gasteiger partial charge in [-0.05, 0) is 24.3 Å². The van der Waals surface area contributed by atoms with E-state index in [-0.39, 0.29) is 5.69 Å². The van der Waals surface area contributed by atoms with Gasteiger partial charge in [0.1, 0.15) is 5.69 Å². The van der Waals surface area contributed by atoms with Crippen LogP contribution in [0.15, 0.2) is 42.5 Å². The Morgan fingerprint density at radius 1 is 0.765 bits per heavy atom. The van der Waals surface area contributed by atoms with Crippen molar-refractivity contribution >= 4 is 11.4 Å². The molecule has 0 heterocycles. The summed E-state index contributed by atoms with van der Waals surface area (Å²) in [7, 11) is 0. The number of anilines is 2. The van der Waals surface area contributed by atoms with Crippen LogP contribution in [-0.2, 0) is 0 Å². The van der Waals surface area contributed by atoms with Gasteiger partial charge in [0.05, 0.1) is 5.69 Å². The monoisotopic (exact) mass is 233 g/mol. The molecule has 0 amide bonds. The summed E-state index contributed by atoms with van der Waals surface area (Å²) in [5.41, 5.74) is 0.402. The fourth-order valence-electron chi connectivity index (χ4n) is 1.44. The highest BCUT2D eigenvalue weighted by molar-refractivity contribution is 5.72. The van der Waals surface area contributed by atoms with E-state index >= 15 is 0 Å². The van der Waals surface area contributed by atoms with Gasteiger partial charge in [0, 0.05) is 0 Å². The molecule has 5 nitrogen and oxygen atoms in total. The maximum atomic E-state index is 9.87. The standard InChI is InChI=1S/C12H11NO4/c14-10-7-6-9(11(15)12(10)16)13(17)8-4-2-1-3-5-8/h1-7,14-17H. The summed E-state index contributed by atoms with van der Waals surface area (Å²) in [6.07, 6.45) is 0. The second kappa shape index (κ2) is 4.23. The quantitative estimate of drug-likeness (QED) is 0.472. The minimum absolute atomic E-state index is 0.0218. The lowest BCUT2D eigenvalue weighted by Crippen LogP contribution is -2.10. The molecule has 0 spiro atoms. The van der Waals surface area contributed by atoms with Gasteiger partial charge >= 0.3 is 0 Å². The van der Waals surface area contributed by atoms with Crippen LogP contribution >= 0.6 is 0 Å². The van der Waals surface area contributed by atoms with Gasteiger partial charge in [0.2, 0.25) is 5.75 Å². The third-order valence-electron chi connectivity index (χ3n) is 2.34. The molecule has 2 aromatic carbocycles. The van der Waals surface area contributed by atoms with E-state index in [1.165, 1.54) is 12.1 Å². The molecular formula is C12H11NO4. The maximum absolute atomic E-state index is 9.87. The van der Waals surface area contributed by atoms with E-state index in [1.54, 1.807) is 30.3 Å². The van der Waals surface area contributed by atoms with E-state index in [9.17, 15) is 15.4 Å². The number of phenolic OH excluding ortho intramolecular Hbond substituents is 3. The average molecular weight is 233 g/mol. The summed E-state index contributed by atoms with van der Waals surface area (Å²) in [6, 6.07) is 10.9. The molecule has 2 rings (SSSR count). The van der Waals surface area contributed by atoms with Gasteiger partial charge in [0.25, 0.3) is 0 Å². The molecule has 5 heteroatoms. The van der Waals surface area contributed by atoms with Crippen LogP contribution in [-0.4, -0.2) is 20.5 Å². The molecule has 0 radical (unpaired) electrons. The molecule has 0 aliphatic carbocycles. The van der Waals surface area contributed by atoms with Crippen LogP contribution in [0.25, 0.3) is 0 Å². The Morgan fingerprint density at radius 2 is 1.41 bits per heavy atom. The van der Waals surface area contributed by atoms with Crippen LogP contribution in [0.2, 0.25) is 0 Å². The van der Waals surface area contributed by atoms with Crippen LogP contribution in [0.5, 0.6) is 17.2 Å². The Hall–Kier alpha value is -2.40. The first-order valence-corrected chi connectivity index (χ1v) is 4.89. The van der Waals surface area contributed by atoms with Crippen molar-refractivity contribution in [1.82, 2.24) is 0 Å². The Morgan fingerprint density at radius 3 is 2.06 bits per heavy atom. The van der Waals surface area contributed by atoms with Crippen molar-refractivity contribution in [3.63, 3.8) is 0 Å². The molecule has 0 saturated carbocycles.